The lowest BCUT2D eigenvalue weighted by Gasteiger charge is -2.45. The van der Waals surface area contributed by atoms with Crippen LogP contribution in [0.3, 0.4) is 0 Å². The van der Waals surface area contributed by atoms with Crippen molar-refractivity contribution in [3.05, 3.63) is 131 Å². The van der Waals surface area contributed by atoms with Gasteiger partial charge in [-0.3, -0.25) is 9.80 Å². The summed E-state index contributed by atoms with van der Waals surface area (Å²) in [6.45, 7) is 4.20. The Morgan fingerprint density at radius 2 is 1.48 bits per heavy atom. The number of hydrazine groups is 1. The van der Waals surface area contributed by atoms with E-state index in [4.69, 9.17) is 15.2 Å². The molecule has 6 nitrogen and oxygen atoms in total. The fourth-order valence-electron chi connectivity index (χ4n) is 7.86. The molecule has 0 spiro atoms. The Balaban J connectivity index is 0.00000364. The molecule has 0 aromatic heterocycles. The van der Waals surface area contributed by atoms with Crippen molar-refractivity contribution < 1.29 is 18.7 Å². The largest absolute Gasteiger partial charge is 0.493 e. The van der Waals surface area contributed by atoms with Gasteiger partial charge in [0.2, 0.25) is 5.91 Å². The van der Waals surface area contributed by atoms with E-state index in [-0.39, 0.29) is 48.0 Å². The Morgan fingerprint density at radius 3 is 2.06 bits per heavy atom. The molecular formula is C43H56Cl2FN3O3. The molecule has 1 atom stereocenters. The molecule has 0 fully saturated rings. The molecule has 1 amide bonds. The van der Waals surface area contributed by atoms with Gasteiger partial charge < -0.3 is 15.2 Å². The smallest absolute Gasteiger partial charge is 0.237 e. The van der Waals surface area contributed by atoms with E-state index in [9.17, 15) is 9.18 Å². The van der Waals surface area contributed by atoms with E-state index in [1.54, 1.807) is 26.4 Å². The number of hydrogen-bond donors (Lipinski definition) is 1. The fraction of sp³-hybridized carbons (Fsp3) is 0.419. The van der Waals surface area contributed by atoms with Crippen molar-refractivity contribution in [3.63, 3.8) is 0 Å². The first-order valence-corrected chi connectivity index (χ1v) is 18.3. The molecule has 1 aliphatic heterocycles. The Bertz CT molecular complexity index is 1600. The van der Waals surface area contributed by atoms with Gasteiger partial charge in [0.05, 0.1) is 20.3 Å². The van der Waals surface area contributed by atoms with Crippen molar-refractivity contribution in [2.75, 3.05) is 33.9 Å². The number of rotatable bonds is 18. The predicted octanol–water partition coefficient (Wildman–Crippen LogP) is 9.66. The molecule has 1 aliphatic rings. The van der Waals surface area contributed by atoms with Gasteiger partial charge in [0.1, 0.15) is 5.82 Å². The SMILES string of the molecule is CCCC(CCCN(C(=O)CCc1ccc(F)cc1)N1CCc2cc(OC)c(OC)cc2C1CCCCN)(c1ccccc1)c1ccccc1.Cl.Cl. The van der Waals surface area contributed by atoms with Gasteiger partial charge >= 0.3 is 0 Å². The van der Waals surface area contributed by atoms with Crippen molar-refractivity contribution in [1.29, 1.82) is 0 Å². The summed E-state index contributed by atoms with van der Waals surface area (Å²) < 4.78 is 25.1. The molecule has 0 bridgehead atoms. The topological polar surface area (TPSA) is 68.0 Å². The molecule has 0 saturated heterocycles. The number of benzene rings is 4. The van der Waals surface area contributed by atoms with Crippen LogP contribution >= 0.6 is 24.8 Å². The second kappa shape index (κ2) is 21.2. The van der Waals surface area contributed by atoms with Crippen LogP contribution < -0.4 is 15.2 Å². The number of halogens is 3. The van der Waals surface area contributed by atoms with E-state index < -0.39 is 0 Å². The Labute approximate surface area is 322 Å². The second-order valence-electron chi connectivity index (χ2n) is 13.4. The van der Waals surface area contributed by atoms with Crippen molar-refractivity contribution in [2.24, 2.45) is 5.73 Å². The summed E-state index contributed by atoms with van der Waals surface area (Å²) in [4.78, 5) is 14.5. The maximum absolute atomic E-state index is 14.5. The number of nitrogens with zero attached hydrogens (tertiary/aromatic N) is 2. The predicted molar refractivity (Wildman–Crippen MR) is 214 cm³/mol. The van der Waals surface area contributed by atoms with Crippen LogP contribution in [0.1, 0.15) is 92.1 Å². The average molecular weight is 753 g/mol. The molecule has 52 heavy (non-hydrogen) atoms. The summed E-state index contributed by atoms with van der Waals surface area (Å²) in [6.07, 6.45) is 8.21. The summed E-state index contributed by atoms with van der Waals surface area (Å²) in [5.41, 5.74) is 11.8. The number of methoxy groups -OCH3 is 2. The molecule has 0 radical (unpaired) electrons. The van der Waals surface area contributed by atoms with Gasteiger partial charge in [-0.15, -0.1) is 24.8 Å². The number of amides is 1. The average Bonchev–Trinajstić information content (AvgIpc) is 3.16. The van der Waals surface area contributed by atoms with Gasteiger partial charge in [0.15, 0.2) is 11.5 Å². The van der Waals surface area contributed by atoms with E-state index in [1.807, 2.05) is 5.01 Å². The zero-order valence-corrected chi connectivity index (χ0v) is 32.5. The zero-order valence-electron chi connectivity index (χ0n) is 30.9. The first kappa shape index (κ1) is 42.8. The summed E-state index contributed by atoms with van der Waals surface area (Å²) in [7, 11) is 3.34. The number of ether oxygens (including phenoxy) is 2. The van der Waals surface area contributed by atoms with Crippen molar-refractivity contribution in [2.45, 2.75) is 82.6 Å². The van der Waals surface area contributed by atoms with E-state index in [0.29, 0.717) is 31.7 Å². The zero-order chi connectivity index (χ0) is 35.3. The Hall–Kier alpha value is -3.62. The number of carbonyl (C=O) groups excluding carboxylic acids is 1. The summed E-state index contributed by atoms with van der Waals surface area (Å²) in [5.74, 6) is 1.24. The third-order valence-electron chi connectivity index (χ3n) is 10.3. The van der Waals surface area contributed by atoms with Crippen molar-refractivity contribution in [1.82, 2.24) is 10.0 Å². The second-order valence-corrected chi connectivity index (χ2v) is 13.4. The number of hydrogen-bond acceptors (Lipinski definition) is 5. The van der Waals surface area contributed by atoms with E-state index in [2.05, 4.69) is 84.7 Å². The highest BCUT2D eigenvalue weighted by Gasteiger charge is 2.36. The number of aryl methyl sites for hydroxylation is 1. The van der Waals surface area contributed by atoms with Gasteiger partial charge in [-0.2, -0.15) is 0 Å². The van der Waals surface area contributed by atoms with Crippen molar-refractivity contribution >= 4 is 30.7 Å². The molecule has 4 aromatic rings. The lowest BCUT2D eigenvalue weighted by Crippen LogP contribution is -2.51. The molecule has 5 rings (SSSR count). The van der Waals surface area contributed by atoms with Gasteiger partial charge in [0, 0.05) is 24.9 Å². The maximum Gasteiger partial charge on any atom is 0.237 e. The van der Waals surface area contributed by atoms with Gasteiger partial charge in [-0.05, 0) is 104 Å². The molecule has 4 aromatic carbocycles. The van der Waals surface area contributed by atoms with Crippen LogP contribution in [0.25, 0.3) is 0 Å². The summed E-state index contributed by atoms with van der Waals surface area (Å²) in [5, 5.41) is 4.37. The number of nitrogens with two attached hydrogens (primary N) is 1. The van der Waals surface area contributed by atoms with Crippen LogP contribution in [0.4, 0.5) is 4.39 Å². The van der Waals surface area contributed by atoms with Crippen LogP contribution in [-0.4, -0.2) is 49.8 Å². The van der Waals surface area contributed by atoms with Crippen LogP contribution in [0.15, 0.2) is 97.1 Å². The van der Waals surface area contributed by atoms with Crippen LogP contribution in [-0.2, 0) is 23.1 Å². The minimum absolute atomic E-state index is 0. The number of unbranched alkanes of at least 4 members (excludes halogenated alkanes) is 1. The third-order valence-corrected chi connectivity index (χ3v) is 10.3. The van der Waals surface area contributed by atoms with Crippen LogP contribution in [0, 0.1) is 5.82 Å². The highest BCUT2D eigenvalue weighted by molar-refractivity contribution is 5.85. The molecule has 1 unspecified atom stereocenters. The van der Waals surface area contributed by atoms with Crippen molar-refractivity contribution in [3.8, 4) is 11.5 Å². The highest BCUT2D eigenvalue weighted by Crippen LogP contribution is 2.43. The minimum Gasteiger partial charge on any atom is -0.493 e. The quantitative estimate of drug-likeness (QED) is 0.103. The lowest BCUT2D eigenvalue weighted by atomic mass is 9.68. The maximum atomic E-state index is 14.5. The Morgan fingerprint density at radius 1 is 0.865 bits per heavy atom. The van der Waals surface area contributed by atoms with E-state index >= 15 is 0 Å². The first-order valence-electron chi connectivity index (χ1n) is 18.3. The molecule has 0 aliphatic carbocycles. The first-order chi connectivity index (χ1) is 24.4. The number of carbonyl (C=O) groups is 1. The van der Waals surface area contributed by atoms with Crippen LogP contribution in [0.5, 0.6) is 11.5 Å². The van der Waals surface area contributed by atoms with Crippen LogP contribution in [0.2, 0.25) is 0 Å². The van der Waals surface area contributed by atoms with Gasteiger partial charge in [-0.25, -0.2) is 9.40 Å². The highest BCUT2D eigenvalue weighted by atomic mass is 35.5. The van der Waals surface area contributed by atoms with Gasteiger partial charge in [0.25, 0.3) is 0 Å². The Kier molecular flexibility index (Phi) is 17.4. The normalized spacial score (nSPS) is 14.1. The molecule has 9 heteroatoms. The standard InChI is InChI=1S/C43H54FN3O3.2ClH/c1-4-26-43(35-14-7-5-8-15-35,36-16-9-6-10-17-36)27-13-29-47(42(48)24-21-33-19-22-37(44)23-20-33)46-30-25-34-31-40(49-2)41(50-3)32-38(34)39(46)18-11-12-28-45;;/h5-10,14-17,19-20,22-23,31-32,39H,4,11-13,18,21,24-30,45H2,1-3H3;2*1H. The van der Waals surface area contributed by atoms with E-state index in [0.717, 1.165) is 69.2 Å². The molecular weight excluding hydrogens is 696 g/mol. The summed E-state index contributed by atoms with van der Waals surface area (Å²) >= 11 is 0. The minimum atomic E-state index is -0.270. The fourth-order valence-corrected chi connectivity index (χ4v) is 7.86. The van der Waals surface area contributed by atoms with E-state index in [1.165, 1.54) is 34.4 Å². The third kappa shape index (κ3) is 10.3. The molecule has 2 N–H and O–H groups in total. The number of fused-ring (bicyclic) bond motifs is 1. The monoisotopic (exact) mass is 751 g/mol. The summed E-state index contributed by atoms with van der Waals surface area (Å²) in [6, 6.07) is 32.4. The molecule has 282 valence electrons. The molecule has 1 heterocycles. The van der Waals surface area contributed by atoms with Gasteiger partial charge in [-0.1, -0.05) is 92.6 Å². The molecule has 0 saturated carbocycles. The lowest BCUT2D eigenvalue weighted by molar-refractivity contribution is -0.156.